The summed E-state index contributed by atoms with van der Waals surface area (Å²) in [4.78, 5) is 0. The molecule has 2 atom stereocenters. The van der Waals surface area contributed by atoms with Crippen molar-refractivity contribution in [3.05, 3.63) is 60.5 Å². The van der Waals surface area contributed by atoms with Crippen LogP contribution in [0.25, 0.3) is 10.9 Å². The molecule has 2 unspecified atom stereocenters. The van der Waals surface area contributed by atoms with Crippen LogP contribution in [0.1, 0.15) is 19.8 Å². The number of allylic oxidation sites excluding steroid dienone is 1. The summed E-state index contributed by atoms with van der Waals surface area (Å²) in [5.74, 6) is 0.953. The smallest absolute Gasteiger partial charge is 0.115 e. The number of hydrogen-bond donors (Lipinski definition) is 2. The van der Waals surface area contributed by atoms with E-state index in [4.69, 9.17) is 4.74 Å². The van der Waals surface area contributed by atoms with Crippen molar-refractivity contribution in [3.8, 4) is 0 Å². The van der Waals surface area contributed by atoms with Gasteiger partial charge in [0.25, 0.3) is 0 Å². The summed E-state index contributed by atoms with van der Waals surface area (Å²) < 4.78 is 7.72. The molecule has 0 spiro atoms. The van der Waals surface area contributed by atoms with Gasteiger partial charge in [-0.15, -0.1) is 0 Å². The van der Waals surface area contributed by atoms with Crippen molar-refractivity contribution < 1.29 is 9.84 Å². The third-order valence-corrected chi connectivity index (χ3v) is 4.24. The first-order chi connectivity index (χ1) is 11.8. The summed E-state index contributed by atoms with van der Waals surface area (Å²) in [6.45, 7) is 4.03. The first kappa shape index (κ1) is 16.8. The maximum atomic E-state index is 10.3. The summed E-state index contributed by atoms with van der Waals surface area (Å²) in [6, 6.07) is 10.6. The Balaban J connectivity index is 1.46. The van der Waals surface area contributed by atoms with Crippen molar-refractivity contribution in [2.45, 2.75) is 38.5 Å². The SMILES string of the molecule is CCCOC1=CCC(NCC(O)Cn2ccc3ccccc32)C=C1. The fraction of sp³-hybridized carbons (Fsp3) is 0.400. The first-order valence-corrected chi connectivity index (χ1v) is 8.72. The van der Waals surface area contributed by atoms with E-state index in [-0.39, 0.29) is 6.04 Å². The molecule has 2 N–H and O–H groups in total. The highest BCUT2D eigenvalue weighted by molar-refractivity contribution is 5.79. The second kappa shape index (κ2) is 8.18. The number of rotatable bonds is 8. The summed E-state index contributed by atoms with van der Waals surface area (Å²) in [5.41, 5.74) is 1.16. The van der Waals surface area contributed by atoms with Gasteiger partial charge in [-0.1, -0.05) is 31.2 Å². The molecule has 1 aliphatic carbocycles. The van der Waals surface area contributed by atoms with Crippen LogP contribution >= 0.6 is 0 Å². The zero-order valence-electron chi connectivity index (χ0n) is 14.2. The van der Waals surface area contributed by atoms with Gasteiger partial charge < -0.3 is 19.7 Å². The number of nitrogens with one attached hydrogen (secondary N) is 1. The number of aromatic nitrogens is 1. The summed E-state index contributed by atoms with van der Waals surface area (Å²) in [6.07, 6.45) is 9.77. The molecular formula is C20H26N2O2. The minimum Gasteiger partial charge on any atom is -0.494 e. The predicted octanol–water partition coefficient (Wildman–Crippen LogP) is 3.23. The molecule has 2 aromatic rings. The van der Waals surface area contributed by atoms with Crippen molar-refractivity contribution in [2.75, 3.05) is 13.2 Å². The van der Waals surface area contributed by atoms with Crippen LogP contribution in [0.15, 0.2) is 60.5 Å². The van der Waals surface area contributed by atoms with Crippen LogP contribution in [0.5, 0.6) is 0 Å². The third-order valence-electron chi connectivity index (χ3n) is 4.24. The average molecular weight is 326 g/mol. The number of para-hydroxylation sites is 1. The highest BCUT2D eigenvalue weighted by atomic mass is 16.5. The quantitative estimate of drug-likeness (QED) is 0.783. The number of aliphatic hydroxyl groups excluding tert-OH is 1. The predicted molar refractivity (Wildman–Crippen MR) is 97.8 cm³/mol. The van der Waals surface area contributed by atoms with Crippen molar-refractivity contribution in [2.24, 2.45) is 0 Å². The number of nitrogens with zero attached hydrogens (tertiary/aromatic N) is 1. The van der Waals surface area contributed by atoms with Crippen LogP contribution in [0, 0.1) is 0 Å². The first-order valence-electron chi connectivity index (χ1n) is 8.72. The Kier molecular flexibility index (Phi) is 5.72. The lowest BCUT2D eigenvalue weighted by atomic mass is 10.1. The Hall–Kier alpha value is -2.04. The van der Waals surface area contributed by atoms with Crippen molar-refractivity contribution in [1.29, 1.82) is 0 Å². The molecule has 0 aliphatic heterocycles. The van der Waals surface area contributed by atoms with E-state index >= 15 is 0 Å². The molecule has 0 fully saturated rings. The van der Waals surface area contributed by atoms with Crippen LogP contribution in [0.3, 0.4) is 0 Å². The minimum atomic E-state index is -0.420. The lowest BCUT2D eigenvalue weighted by molar-refractivity contribution is 0.150. The lowest BCUT2D eigenvalue weighted by Gasteiger charge is -2.20. The van der Waals surface area contributed by atoms with Crippen LogP contribution in [0.4, 0.5) is 0 Å². The molecule has 3 rings (SSSR count). The second-order valence-corrected chi connectivity index (χ2v) is 6.25. The number of hydrogen-bond acceptors (Lipinski definition) is 3. The van der Waals surface area contributed by atoms with Gasteiger partial charge in [-0.05, 0) is 42.5 Å². The standard InChI is InChI=1S/C20H26N2O2/c1-2-13-24-19-9-7-17(8-10-19)21-14-18(23)15-22-12-11-16-5-3-4-6-20(16)22/h3-7,9-12,17-18,21,23H,2,8,13-15H2,1H3. The van der Waals surface area contributed by atoms with E-state index in [1.54, 1.807) is 0 Å². The maximum Gasteiger partial charge on any atom is 0.115 e. The second-order valence-electron chi connectivity index (χ2n) is 6.25. The number of ether oxygens (including phenoxy) is 1. The molecule has 1 aliphatic rings. The van der Waals surface area contributed by atoms with Crippen molar-refractivity contribution in [3.63, 3.8) is 0 Å². The molecule has 24 heavy (non-hydrogen) atoms. The van der Waals surface area contributed by atoms with Crippen molar-refractivity contribution >= 4 is 10.9 Å². The summed E-state index contributed by atoms with van der Waals surface area (Å²) in [5, 5.41) is 14.9. The molecule has 0 amide bonds. The van der Waals surface area contributed by atoms with Crippen LogP contribution in [-0.2, 0) is 11.3 Å². The van der Waals surface area contributed by atoms with E-state index in [2.05, 4.69) is 47.2 Å². The van der Waals surface area contributed by atoms with Gasteiger partial charge >= 0.3 is 0 Å². The van der Waals surface area contributed by atoms with Gasteiger partial charge in [0.2, 0.25) is 0 Å². The Morgan fingerprint density at radius 1 is 1.33 bits per heavy atom. The van der Waals surface area contributed by atoms with Gasteiger partial charge in [0.15, 0.2) is 0 Å². The van der Waals surface area contributed by atoms with E-state index in [1.807, 2.05) is 24.4 Å². The van der Waals surface area contributed by atoms with Crippen LogP contribution in [-0.4, -0.2) is 35.0 Å². The average Bonchev–Trinajstić information content (AvgIpc) is 3.02. The van der Waals surface area contributed by atoms with Crippen LogP contribution in [0.2, 0.25) is 0 Å². The van der Waals surface area contributed by atoms with Crippen LogP contribution < -0.4 is 5.32 Å². The zero-order valence-corrected chi connectivity index (χ0v) is 14.2. The Labute approximate surface area is 143 Å². The topological polar surface area (TPSA) is 46.4 Å². The highest BCUT2D eigenvalue weighted by Gasteiger charge is 2.12. The van der Waals surface area contributed by atoms with E-state index in [0.717, 1.165) is 30.7 Å². The van der Waals surface area contributed by atoms with Gasteiger partial charge in [0, 0.05) is 30.8 Å². The van der Waals surface area contributed by atoms with Gasteiger partial charge in [-0.3, -0.25) is 0 Å². The summed E-state index contributed by atoms with van der Waals surface area (Å²) >= 11 is 0. The highest BCUT2D eigenvalue weighted by Crippen LogP contribution is 2.16. The normalized spacial score (nSPS) is 18.6. The largest absolute Gasteiger partial charge is 0.494 e. The molecule has 0 saturated carbocycles. The molecule has 128 valence electrons. The fourth-order valence-electron chi connectivity index (χ4n) is 2.96. The van der Waals surface area contributed by atoms with E-state index in [9.17, 15) is 5.11 Å². The zero-order chi connectivity index (χ0) is 16.8. The lowest BCUT2D eigenvalue weighted by Crippen LogP contribution is -2.36. The third kappa shape index (κ3) is 4.28. The minimum absolute atomic E-state index is 0.259. The number of benzene rings is 1. The molecular weight excluding hydrogens is 300 g/mol. The molecule has 1 aromatic carbocycles. The fourth-order valence-corrected chi connectivity index (χ4v) is 2.96. The molecule has 4 nitrogen and oxygen atoms in total. The van der Waals surface area contributed by atoms with E-state index in [1.165, 1.54) is 5.39 Å². The molecule has 4 heteroatoms. The molecule has 1 heterocycles. The Bertz CT molecular complexity index is 717. The Morgan fingerprint density at radius 2 is 2.21 bits per heavy atom. The molecule has 0 radical (unpaired) electrons. The Morgan fingerprint density at radius 3 is 3.00 bits per heavy atom. The molecule has 0 saturated heterocycles. The van der Waals surface area contributed by atoms with E-state index < -0.39 is 6.10 Å². The number of aliphatic hydroxyl groups is 1. The van der Waals surface area contributed by atoms with Gasteiger partial charge in [0.05, 0.1) is 12.7 Å². The van der Waals surface area contributed by atoms with Gasteiger partial charge in [-0.2, -0.15) is 0 Å². The molecule has 1 aromatic heterocycles. The molecule has 0 bridgehead atoms. The maximum absolute atomic E-state index is 10.3. The van der Waals surface area contributed by atoms with Crippen molar-refractivity contribution in [1.82, 2.24) is 9.88 Å². The van der Waals surface area contributed by atoms with E-state index in [0.29, 0.717) is 13.1 Å². The monoisotopic (exact) mass is 326 g/mol. The van der Waals surface area contributed by atoms with Gasteiger partial charge in [0.1, 0.15) is 5.76 Å². The van der Waals surface area contributed by atoms with Gasteiger partial charge in [-0.25, -0.2) is 0 Å². The number of fused-ring (bicyclic) bond motifs is 1. The summed E-state index contributed by atoms with van der Waals surface area (Å²) in [7, 11) is 0.